The van der Waals surface area contributed by atoms with Crippen molar-refractivity contribution in [2.24, 2.45) is 5.92 Å². The number of hydrogen-bond acceptors (Lipinski definition) is 4. The number of carboxylic acids is 1. The lowest BCUT2D eigenvalue weighted by atomic mass is 10.2. The second-order valence-electron chi connectivity index (χ2n) is 5.62. The van der Waals surface area contributed by atoms with Crippen LogP contribution in [0.25, 0.3) is 0 Å². The van der Waals surface area contributed by atoms with Crippen LogP contribution in [-0.4, -0.2) is 17.0 Å². The van der Waals surface area contributed by atoms with Gasteiger partial charge in [-0.15, -0.1) is 11.3 Å². The number of aryl methyl sites for hydroxylation is 2. The van der Waals surface area contributed by atoms with Crippen LogP contribution in [0.15, 0.2) is 21.9 Å². The molecule has 0 aliphatic heterocycles. The first-order chi connectivity index (χ1) is 10.5. The first-order valence-electron chi connectivity index (χ1n) is 7.11. The topological polar surface area (TPSA) is 79.5 Å². The van der Waals surface area contributed by atoms with Crippen LogP contribution in [0.5, 0.6) is 0 Å². The molecule has 22 heavy (non-hydrogen) atoms. The third-order valence-corrected chi connectivity index (χ3v) is 5.15. The molecule has 1 aliphatic carbocycles. The van der Waals surface area contributed by atoms with Gasteiger partial charge in [-0.1, -0.05) is 0 Å². The Bertz CT molecular complexity index is 730. The molecule has 2 N–H and O–H groups in total. The lowest BCUT2D eigenvalue weighted by Gasteiger charge is -2.02. The van der Waals surface area contributed by atoms with Crippen molar-refractivity contribution in [1.82, 2.24) is 5.32 Å². The third kappa shape index (κ3) is 2.78. The van der Waals surface area contributed by atoms with Gasteiger partial charge in [0.25, 0.3) is 0 Å². The first kappa shape index (κ1) is 14.8. The number of furan rings is 1. The fraction of sp³-hybridized carbons (Fsp3) is 0.375. The van der Waals surface area contributed by atoms with Crippen molar-refractivity contribution in [3.05, 3.63) is 45.0 Å². The molecule has 2 aromatic rings. The lowest BCUT2D eigenvalue weighted by molar-refractivity contribution is -0.122. The van der Waals surface area contributed by atoms with Crippen molar-refractivity contribution in [2.75, 3.05) is 0 Å². The molecule has 2 heterocycles. The van der Waals surface area contributed by atoms with Crippen LogP contribution in [-0.2, 0) is 11.3 Å². The molecule has 2 atom stereocenters. The summed E-state index contributed by atoms with van der Waals surface area (Å²) in [6, 6.07) is 3.54. The summed E-state index contributed by atoms with van der Waals surface area (Å²) in [5, 5.41) is 13.9. The van der Waals surface area contributed by atoms with E-state index in [4.69, 9.17) is 9.52 Å². The molecule has 1 saturated carbocycles. The summed E-state index contributed by atoms with van der Waals surface area (Å²) < 4.78 is 5.35. The van der Waals surface area contributed by atoms with Gasteiger partial charge in [-0.25, -0.2) is 4.79 Å². The number of amides is 1. The number of carboxylic acid groups (broad SMARTS) is 1. The highest BCUT2D eigenvalue weighted by Crippen LogP contribution is 2.50. The van der Waals surface area contributed by atoms with Crippen molar-refractivity contribution < 1.29 is 19.1 Å². The summed E-state index contributed by atoms with van der Waals surface area (Å²) in [5.74, 6) is 0.154. The van der Waals surface area contributed by atoms with Crippen molar-refractivity contribution in [1.29, 1.82) is 0 Å². The van der Waals surface area contributed by atoms with Gasteiger partial charge in [0, 0.05) is 16.7 Å². The van der Waals surface area contributed by atoms with E-state index >= 15 is 0 Å². The van der Waals surface area contributed by atoms with Crippen LogP contribution in [0.1, 0.15) is 44.7 Å². The standard InChI is InChI=1S/C16H17NO4S/c1-8-3-4-22-14(8)12-6-13(12)15(18)17-7-10-5-11(16(19)20)9(2)21-10/h3-5,12-13H,6-7H2,1-2H3,(H,17,18)(H,19,20). The number of carbonyl (C=O) groups excluding carboxylic acids is 1. The summed E-state index contributed by atoms with van der Waals surface area (Å²) >= 11 is 1.70. The quantitative estimate of drug-likeness (QED) is 0.887. The van der Waals surface area contributed by atoms with Crippen LogP contribution in [0.3, 0.4) is 0 Å². The molecule has 2 aromatic heterocycles. The summed E-state index contributed by atoms with van der Waals surface area (Å²) in [7, 11) is 0. The van der Waals surface area contributed by atoms with E-state index in [1.807, 2.05) is 0 Å². The highest BCUT2D eigenvalue weighted by molar-refractivity contribution is 7.10. The van der Waals surface area contributed by atoms with Gasteiger partial charge in [-0.2, -0.15) is 0 Å². The molecule has 116 valence electrons. The average molecular weight is 319 g/mol. The third-order valence-electron chi connectivity index (χ3n) is 4.00. The van der Waals surface area contributed by atoms with Crippen LogP contribution < -0.4 is 5.32 Å². The number of hydrogen-bond donors (Lipinski definition) is 2. The van der Waals surface area contributed by atoms with Gasteiger partial charge in [-0.05, 0) is 43.3 Å². The van der Waals surface area contributed by atoms with E-state index in [0.29, 0.717) is 17.4 Å². The van der Waals surface area contributed by atoms with E-state index in [2.05, 4.69) is 23.7 Å². The summed E-state index contributed by atoms with van der Waals surface area (Å²) in [6.07, 6.45) is 0.880. The van der Waals surface area contributed by atoms with Gasteiger partial charge in [0.15, 0.2) is 0 Å². The first-order valence-corrected chi connectivity index (χ1v) is 7.99. The average Bonchev–Trinajstić information content (AvgIpc) is 2.99. The zero-order valence-electron chi connectivity index (χ0n) is 12.4. The van der Waals surface area contributed by atoms with Crippen LogP contribution in [0, 0.1) is 19.8 Å². The molecule has 1 aliphatic rings. The Balaban J connectivity index is 1.57. The smallest absolute Gasteiger partial charge is 0.339 e. The van der Waals surface area contributed by atoms with Gasteiger partial charge < -0.3 is 14.8 Å². The molecule has 0 spiro atoms. The monoisotopic (exact) mass is 319 g/mol. The molecule has 3 rings (SSSR count). The van der Waals surface area contributed by atoms with Crippen LogP contribution >= 0.6 is 11.3 Å². The zero-order chi connectivity index (χ0) is 15.9. The van der Waals surface area contributed by atoms with Gasteiger partial charge in [-0.3, -0.25) is 4.79 Å². The molecule has 2 unspecified atom stereocenters. The van der Waals surface area contributed by atoms with Crippen LogP contribution in [0.4, 0.5) is 0 Å². The fourth-order valence-corrected chi connectivity index (χ4v) is 3.80. The number of aromatic carboxylic acids is 1. The fourth-order valence-electron chi connectivity index (χ4n) is 2.69. The molecule has 1 fully saturated rings. The molecule has 0 aromatic carbocycles. The summed E-state index contributed by atoms with van der Waals surface area (Å²) in [4.78, 5) is 24.4. The largest absolute Gasteiger partial charge is 0.478 e. The Morgan fingerprint density at radius 2 is 2.23 bits per heavy atom. The Hall–Kier alpha value is -2.08. The zero-order valence-corrected chi connectivity index (χ0v) is 13.2. The molecule has 0 saturated heterocycles. The van der Waals surface area contributed by atoms with E-state index in [9.17, 15) is 9.59 Å². The van der Waals surface area contributed by atoms with Gasteiger partial charge in [0.2, 0.25) is 5.91 Å². The second-order valence-corrected chi connectivity index (χ2v) is 6.57. The van der Waals surface area contributed by atoms with Crippen molar-refractivity contribution in [3.8, 4) is 0 Å². The Morgan fingerprint density at radius 1 is 1.45 bits per heavy atom. The molecule has 1 amide bonds. The second kappa shape index (κ2) is 5.61. The molecule has 5 nitrogen and oxygen atoms in total. The number of thiophene rings is 1. The van der Waals surface area contributed by atoms with E-state index < -0.39 is 5.97 Å². The van der Waals surface area contributed by atoms with E-state index in [1.54, 1.807) is 18.3 Å². The maximum atomic E-state index is 12.2. The van der Waals surface area contributed by atoms with Crippen molar-refractivity contribution in [3.63, 3.8) is 0 Å². The Labute approximate surface area is 132 Å². The van der Waals surface area contributed by atoms with Crippen molar-refractivity contribution >= 4 is 23.2 Å². The maximum Gasteiger partial charge on any atom is 0.339 e. The number of nitrogens with one attached hydrogen (secondary N) is 1. The van der Waals surface area contributed by atoms with Gasteiger partial charge >= 0.3 is 5.97 Å². The normalized spacial score (nSPS) is 19.9. The Kier molecular flexibility index (Phi) is 3.78. The predicted molar refractivity (Wildman–Crippen MR) is 82.2 cm³/mol. The highest BCUT2D eigenvalue weighted by atomic mass is 32.1. The van der Waals surface area contributed by atoms with Crippen molar-refractivity contribution in [2.45, 2.75) is 32.7 Å². The molecular formula is C16H17NO4S. The molecule has 0 bridgehead atoms. The minimum Gasteiger partial charge on any atom is -0.478 e. The predicted octanol–water partition coefficient (Wildman–Crippen LogP) is 3.08. The highest BCUT2D eigenvalue weighted by Gasteiger charge is 2.45. The number of carbonyl (C=O) groups is 2. The minimum absolute atomic E-state index is 0.00345. The molecular weight excluding hydrogens is 302 g/mol. The Morgan fingerprint density at radius 3 is 2.82 bits per heavy atom. The SMILES string of the molecule is Cc1ccsc1C1CC1C(=O)NCc1cc(C(=O)O)c(C)o1. The number of rotatable bonds is 5. The summed E-state index contributed by atoms with van der Waals surface area (Å²) in [5.41, 5.74) is 1.39. The van der Waals surface area contributed by atoms with E-state index in [0.717, 1.165) is 6.42 Å². The van der Waals surface area contributed by atoms with E-state index in [1.165, 1.54) is 16.5 Å². The van der Waals surface area contributed by atoms with E-state index in [-0.39, 0.29) is 23.9 Å². The minimum atomic E-state index is -1.02. The van der Waals surface area contributed by atoms with Crippen LogP contribution in [0.2, 0.25) is 0 Å². The summed E-state index contributed by atoms with van der Waals surface area (Å²) in [6.45, 7) is 3.89. The van der Waals surface area contributed by atoms with Gasteiger partial charge in [0.05, 0.1) is 6.54 Å². The maximum absolute atomic E-state index is 12.2. The lowest BCUT2D eigenvalue weighted by Crippen LogP contribution is -2.24. The molecule has 6 heteroatoms. The van der Waals surface area contributed by atoms with Gasteiger partial charge in [0.1, 0.15) is 17.1 Å². The molecule has 0 radical (unpaired) electrons.